The molecule has 1 aromatic heterocycles. The fraction of sp³-hybridized carbons (Fsp3) is 0.500. The summed E-state index contributed by atoms with van der Waals surface area (Å²) in [7, 11) is 0. The predicted molar refractivity (Wildman–Crippen MR) is 84.3 cm³/mol. The first-order valence-corrected chi connectivity index (χ1v) is 7.42. The summed E-state index contributed by atoms with van der Waals surface area (Å²) in [6, 6.07) is 3.34. The van der Waals surface area contributed by atoms with E-state index in [1.807, 2.05) is 0 Å². The number of carbonyl (C=O) groups is 1. The highest BCUT2D eigenvalue weighted by atomic mass is 32.1. The van der Waals surface area contributed by atoms with Crippen molar-refractivity contribution in [2.45, 2.75) is 6.42 Å². The molecule has 1 aliphatic heterocycles. The van der Waals surface area contributed by atoms with Crippen molar-refractivity contribution in [1.82, 2.24) is 15.2 Å². The molecule has 0 spiro atoms. The minimum absolute atomic E-state index is 0.175. The molecule has 3 N–H and O–H groups in total. The van der Waals surface area contributed by atoms with Crippen molar-refractivity contribution >= 4 is 23.1 Å². The van der Waals surface area contributed by atoms with Crippen LogP contribution in [0.2, 0.25) is 0 Å². The number of amides is 1. The Hall–Kier alpha value is -1.57. The van der Waals surface area contributed by atoms with Crippen molar-refractivity contribution in [1.29, 1.82) is 0 Å². The molecule has 2 rings (SSSR count). The molecule has 0 aliphatic carbocycles. The average molecular weight is 308 g/mol. The summed E-state index contributed by atoms with van der Waals surface area (Å²) in [6.07, 6.45) is 2.43. The Morgan fingerprint density at radius 3 is 2.81 bits per heavy atom. The van der Waals surface area contributed by atoms with Crippen molar-refractivity contribution < 1.29 is 9.53 Å². The number of hydrogen-bond donors (Lipinski definition) is 2. The van der Waals surface area contributed by atoms with Gasteiger partial charge in [0.05, 0.1) is 13.2 Å². The van der Waals surface area contributed by atoms with E-state index in [-0.39, 0.29) is 10.9 Å². The molecule has 114 valence electrons. The van der Waals surface area contributed by atoms with Gasteiger partial charge in [0.2, 0.25) is 0 Å². The molecule has 1 fully saturated rings. The van der Waals surface area contributed by atoms with E-state index in [9.17, 15) is 4.79 Å². The van der Waals surface area contributed by atoms with Crippen LogP contribution in [0, 0.1) is 0 Å². The van der Waals surface area contributed by atoms with Crippen molar-refractivity contribution in [2.24, 2.45) is 5.73 Å². The molecule has 0 aromatic carbocycles. The molecule has 1 saturated heterocycles. The number of nitrogens with one attached hydrogen (secondary N) is 1. The van der Waals surface area contributed by atoms with Crippen LogP contribution in [0.5, 0.6) is 0 Å². The number of rotatable bonds is 6. The second-order valence-electron chi connectivity index (χ2n) is 4.86. The Balaban J connectivity index is 1.70. The van der Waals surface area contributed by atoms with Crippen LogP contribution in [-0.2, 0) is 4.74 Å². The summed E-state index contributed by atoms with van der Waals surface area (Å²) < 4.78 is 5.29. The molecule has 6 nitrogen and oxygen atoms in total. The number of aromatic nitrogens is 1. The molecule has 1 aromatic rings. The molecule has 0 atom stereocenters. The standard InChI is InChI=1S/C14H20N4O2S/c15-13(21)11-2-3-12(17-10-11)14(19)16-4-1-5-18-6-8-20-9-7-18/h2-3,10H,1,4-9H2,(H2,15,21)(H,16,19). The Labute approximate surface area is 129 Å². The second kappa shape index (κ2) is 8.02. The van der Waals surface area contributed by atoms with Crippen molar-refractivity contribution in [2.75, 3.05) is 39.4 Å². The average Bonchev–Trinajstić information content (AvgIpc) is 2.52. The van der Waals surface area contributed by atoms with E-state index in [1.165, 1.54) is 6.20 Å². The Morgan fingerprint density at radius 1 is 1.43 bits per heavy atom. The highest BCUT2D eigenvalue weighted by Crippen LogP contribution is 2.01. The third-order valence-corrected chi connectivity index (χ3v) is 3.56. The molecule has 7 heteroatoms. The Bertz CT molecular complexity index is 486. The number of ether oxygens (including phenoxy) is 1. The maximum atomic E-state index is 11.9. The molecular formula is C14H20N4O2S. The van der Waals surface area contributed by atoms with Crippen LogP contribution >= 0.6 is 12.2 Å². The molecule has 1 amide bonds. The minimum Gasteiger partial charge on any atom is -0.389 e. The van der Waals surface area contributed by atoms with E-state index in [4.69, 9.17) is 22.7 Å². The SMILES string of the molecule is NC(=S)c1ccc(C(=O)NCCCN2CCOCC2)nc1. The van der Waals surface area contributed by atoms with Crippen molar-refractivity contribution in [3.63, 3.8) is 0 Å². The largest absolute Gasteiger partial charge is 0.389 e. The lowest BCUT2D eigenvalue weighted by Gasteiger charge is -2.26. The van der Waals surface area contributed by atoms with Crippen LogP contribution < -0.4 is 11.1 Å². The Kier molecular flexibility index (Phi) is 6.04. The zero-order valence-electron chi connectivity index (χ0n) is 11.9. The van der Waals surface area contributed by atoms with E-state index < -0.39 is 0 Å². The molecule has 1 aliphatic rings. The van der Waals surface area contributed by atoms with E-state index in [0.29, 0.717) is 17.8 Å². The first-order chi connectivity index (χ1) is 10.2. The molecule has 21 heavy (non-hydrogen) atoms. The third-order valence-electron chi connectivity index (χ3n) is 3.32. The first-order valence-electron chi connectivity index (χ1n) is 7.01. The van der Waals surface area contributed by atoms with Gasteiger partial charge < -0.3 is 15.8 Å². The fourth-order valence-electron chi connectivity index (χ4n) is 2.09. The van der Waals surface area contributed by atoms with Gasteiger partial charge in [-0.2, -0.15) is 0 Å². The van der Waals surface area contributed by atoms with Crippen molar-refractivity contribution in [3.05, 3.63) is 29.6 Å². The highest BCUT2D eigenvalue weighted by Gasteiger charge is 2.10. The van der Waals surface area contributed by atoms with Gasteiger partial charge in [-0.05, 0) is 25.1 Å². The van der Waals surface area contributed by atoms with Gasteiger partial charge in [-0.15, -0.1) is 0 Å². The summed E-state index contributed by atoms with van der Waals surface area (Å²) >= 11 is 4.84. The minimum atomic E-state index is -0.175. The lowest BCUT2D eigenvalue weighted by molar-refractivity contribution is 0.0374. The highest BCUT2D eigenvalue weighted by molar-refractivity contribution is 7.80. The van der Waals surface area contributed by atoms with Gasteiger partial charge in [-0.3, -0.25) is 14.7 Å². The number of nitrogens with two attached hydrogens (primary N) is 1. The predicted octanol–water partition coefficient (Wildman–Crippen LogP) is 0.168. The number of pyridine rings is 1. The summed E-state index contributed by atoms with van der Waals surface area (Å²) in [5, 5.41) is 2.86. The molecule has 0 radical (unpaired) electrons. The van der Waals surface area contributed by atoms with Crippen LogP contribution in [0.15, 0.2) is 18.3 Å². The first kappa shape index (κ1) is 15.8. The summed E-state index contributed by atoms with van der Waals surface area (Å²) in [5.74, 6) is -0.175. The van der Waals surface area contributed by atoms with Gasteiger partial charge in [0.1, 0.15) is 10.7 Å². The van der Waals surface area contributed by atoms with Crippen LogP contribution in [0.25, 0.3) is 0 Å². The second-order valence-corrected chi connectivity index (χ2v) is 5.30. The van der Waals surface area contributed by atoms with Gasteiger partial charge in [0.25, 0.3) is 5.91 Å². The number of thiocarbonyl (C=S) groups is 1. The molecule has 0 unspecified atom stereocenters. The van der Waals surface area contributed by atoms with E-state index >= 15 is 0 Å². The van der Waals surface area contributed by atoms with Gasteiger partial charge in [-0.1, -0.05) is 12.2 Å². The normalized spacial score (nSPS) is 15.6. The zero-order valence-corrected chi connectivity index (χ0v) is 12.7. The van der Waals surface area contributed by atoms with Crippen molar-refractivity contribution in [3.8, 4) is 0 Å². The summed E-state index contributed by atoms with van der Waals surface area (Å²) in [6.45, 7) is 5.13. The van der Waals surface area contributed by atoms with Crippen LogP contribution in [-0.4, -0.2) is 60.2 Å². The number of carbonyl (C=O) groups excluding carboxylic acids is 1. The smallest absolute Gasteiger partial charge is 0.269 e. The molecule has 0 saturated carbocycles. The monoisotopic (exact) mass is 308 g/mol. The van der Waals surface area contributed by atoms with E-state index in [2.05, 4.69) is 15.2 Å². The third kappa shape index (κ3) is 5.04. The van der Waals surface area contributed by atoms with Crippen LogP contribution in [0.4, 0.5) is 0 Å². The van der Waals surface area contributed by atoms with Crippen LogP contribution in [0.1, 0.15) is 22.5 Å². The zero-order chi connectivity index (χ0) is 15.1. The topological polar surface area (TPSA) is 80.5 Å². The van der Waals surface area contributed by atoms with E-state index in [0.717, 1.165) is 39.3 Å². The quantitative estimate of drug-likeness (QED) is 0.576. The summed E-state index contributed by atoms with van der Waals surface area (Å²) in [4.78, 5) is 18.6. The summed E-state index contributed by atoms with van der Waals surface area (Å²) in [5.41, 5.74) is 6.52. The maximum absolute atomic E-state index is 11.9. The number of morpholine rings is 1. The van der Waals surface area contributed by atoms with Gasteiger partial charge in [-0.25, -0.2) is 0 Å². The van der Waals surface area contributed by atoms with E-state index in [1.54, 1.807) is 12.1 Å². The Morgan fingerprint density at radius 2 is 2.19 bits per heavy atom. The molecular weight excluding hydrogens is 288 g/mol. The molecule has 0 bridgehead atoms. The van der Waals surface area contributed by atoms with Gasteiger partial charge >= 0.3 is 0 Å². The number of hydrogen-bond acceptors (Lipinski definition) is 5. The lowest BCUT2D eigenvalue weighted by Crippen LogP contribution is -2.38. The molecule has 2 heterocycles. The maximum Gasteiger partial charge on any atom is 0.269 e. The van der Waals surface area contributed by atoms with Gasteiger partial charge in [0.15, 0.2) is 0 Å². The fourth-order valence-corrected chi connectivity index (χ4v) is 2.21. The van der Waals surface area contributed by atoms with Gasteiger partial charge in [0, 0.05) is 31.4 Å². The lowest BCUT2D eigenvalue weighted by atomic mass is 10.2. The number of nitrogens with zero attached hydrogens (tertiary/aromatic N) is 2. The van der Waals surface area contributed by atoms with Crippen LogP contribution in [0.3, 0.4) is 0 Å².